The Morgan fingerprint density at radius 2 is 1.65 bits per heavy atom. The van der Waals surface area contributed by atoms with Crippen molar-refractivity contribution in [2.24, 2.45) is 17.3 Å². The predicted molar refractivity (Wildman–Crippen MR) is 105 cm³/mol. The van der Waals surface area contributed by atoms with Crippen molar-refractivity contribution in [1.29, 1.82) is 0 Å². The van der Waals surface area contributed by atoms with Gasteiger partial charge < -0.3 is 4.74 Å². The van der Waals surface area contributed by atoms with Crippen molar-refractivity contribution in [3.63, 3.8) is 0 Å². The van der Waals surface area contributed by atoms with Gasteiger partial charge in [0.1, 0.15) is 9.02 Å². The second-order valence-electron chi connectivity index (χ2n) is 8.51. The largest absolute Gasteiger partial charge is 0.458 e. The Bertz CT molecular complexity index is 413. The van der Waals surface area contributed by atoms with Gasteiger partial charge in [0.15, 0.2) is 0 Å². The quantitative estimate of drug-likeness (QED) is 0.279. The molecule has 0 spiro atoms. The smallest absolute Gasteiger partial charge is 0.322 e. The van der Waals surface area contributed by atoms with Crippen molar-refractivity contribution in [3.05, 3.63) is 0 Å². The summed E-state index contributed by atoms with van der Waals surface area (Å²) >= 11 is 2.27. The van der Waals surface area contributed by atoms with Gasteiger partial charge in [-0.3, -0.25) is 4.79 Å². The van der Waals surface area contributed by atoms with Gasteiger partial charge >= 0.3 is 5.97 Å². The summed E-state index contributed by atoms with van der Waals surface area (Å²) in [5, 5.41) is 0. The summed E-state index contributed by atoms with van der Waals surface area (Å²) in [5.41, 5.74) is -0.152. The second kappa shape index (κ2) is 7.21. The summed E-state index contributed by atoms with van der Waals surface area (Å²) in [5.74, 6) is 1.68. The van der Waals surface area contributed by atoms with E-state index >= 15 is 0 Å². The van der Waals surface area contributed by atoms with Gasteiger partial charge in [0.25, 0.3) is 0 Å². The zero-order valence-electron chi connectivity index (χ0n) is 15.7. The highest BCUT2D eigenvalue weighted by Gasteiger charge is 2.54. The molecule has 2 nitrogen and oxygen atoms in total. The summed E-state index contributed by atoms with van der Waals surface area (Å²) < 4.78 is 5.94. The SMILES string of the molecule is CCC(C)(I)C(=O)OC(CC)(CC)C1(C)CC2CCCC(C2)C1. The molecule has 2 aliphatic carbocycles. The zero-order chi connectivity index (χ0) is 17.3. The number of halogens is 1. The molecule has 2 bridgehead atoms. The summed E-state index contributed by atoms with van der Waals surface area (Å²) in [6, 6.07) is 0. The second-order valence-corrected chi connectivity index (χ2v) is 10.9. The highest BCUT2D eigenvalue weighted by Crippen LogP contribution is 2.56. The first-order chi connectivity index (χ1) is 10.7. The molecule has 3 heteroatoms. The number of alkyl halides is 1. The molecule has 0 heterocycles. The van der Waals surface area contributed by atoms with Gasteiger partial charge in [0.2, 0.25) is 0 Å². The first-order valence-electron chi connectivity index (χ1n) is 9.64. The molecule has 0 radical (unpaired) electrons. The molecule has 0 aromatic carbocycles. The van der Waals surface area contributed by atoms with Crippen molar-refractivity contribution >= 4 is 28.6 Å². The minimum atomic E-state index is -0.408. The molecule has 2 rings (SSSR count). The Labute approximate surface area is 156 Å². The van der Waals surface area contributed by atoms with E-state index < -0.39 is 3.42 Å². The molecule has 0 amide bonds. The van der Waals surface area contributed by atoms with E-state index in [4.69, 9.17) is 4.74 Å². The number of esters is 1. The molecule has 0 saturated heterocycles. The summed E-state index contributed by atoms with van der Waals surface area (Å²) in [7, 11) is 0. The Morgan fingerprint density at radius 3 is 2.09 bits per heavy atom. The maximum Gasteiger partial charge on any atom is 0.322 e. The fourth-order valence-corrected chi connectivity index (χ4v) is 5.41. The maximum atomic E-state index is 12.8. The highest BCUT2D eigenvalue weighted by molar-refractivity contribution is 14.1. The van der Waals surface area contributed by atoms with Crippen molar-refractivity contribution < 1.29 is 9.53 Å². The molecule has 3 atom stereocenters. The zero-order valence-corrected chi connectivity index (χ0v) is 17.9. The lowest BCUT2D eigenvalue weighted by molar-refractivity contribution is -0.190. The Balaban J connectivity index is 2.27. The van der Waals surface area contributed by atoms with Crippen LogP contribution in [0.5, 0.6) is 0 Å². The predicted octanol–water partition coefficient (Wildman–Crippen LogP) is 6.30. The molecule has 2 fully saturated rings. The van der Waals surface area contributed by atoms with Crippen LogP contribution < -0.4 is 0 Å². The molecule has 0 aromatic rings. The monoisotopic (exact) mass is 434 g/mol. The van der Waals surface area contributed by atoms with E-state index in [1.54, 1.807) is 0 Å². The molecule has 23 heavy (non-hydrogen) atoms. The topological polar surface area (TPSA) is 26.3 Å². The van der Waals surface area contributed by atoms with Crippen LogP contribution in [0.25, 0.3) is 0 Å². The van der Waals surface area contributed by atoms with E-state index in [1.165, 1.54) is 38.5 Å². The van der Waals surface area contributed by atoms with Crippen molar-refractivity contribution in [2.45, 2.75) is 101 Å². The average molecular weight is 434 g/mol. The fraction of sp³-hybridized carbons (Fsp3) is 0.950. The molecule has 0 aromatic heterocycles. The van der Waals surface area contributed by atoms with E-state index in [0.717, 1.165) is 31.1 Å². The lowest BCUT2D eigenvalue weighted by Gasteiger charge is -2.55. The molecular formula is C20H35IO2. The van der Waals surface area contributed by atoms with Gasteiger partial charge in [-0.25, -0.2) is 0 Å². The first-order valence-corrected chi connectivity index (χ1v) is 10.7. The maximum absolute atomic E-state index is 12.8. The van der Waals surface area contributed by atoms with Crippen molar-refractivity contribution in [1.82, 2.24) is 0 Å². The van der Waals surface area contributed by atoms with E-state index in [-0.39, 0.29) is 17.0 Å². The molecule has 134 valence electrons. The number of hydrogen-bond donors (Lipinski definition) is 0. The van der Waals surface area contributed by atoms with Gasteiger partial charge in [0, 0.05) is 5.41 Å². The third-order valence-electron chi connectivity index (χ3n) is 6.99. The van der Waals surface area contributed by atoms with Crippen LogP contribution in [-0.4, -0.2) is 15.0 Å². The summed E-state index contributed by atoms with van der Waals surface area (Å²) in [6.07, 6.45) is 10.7. The lowest BCUT2D eigenvalue weighted by atomic mass is 9.54. The van der Waals surface area contributed by atoms with Crippen LogP contribution in [0.1, 0.15) is 92.4 Å². The van der Waals surface area contributed by atoms with Crippen molar-refractivity contribution in [2.75, 3.05) is 0 Å². The number of fused-ring (bicyclic) bond motifs is 2. The van der Waals surface area contributed by atoms with Crippen LogP contribution in [0.15, 0.2) is 0 Å². The van der Waals surface area contributed by atoms with Crippen LogP contribution in [0.2, 0.25) is 0 Å². The molecule has 0 aliphatic heterocycles. The van der Waals surface area contributed by atoms with E-state index in [0.29, 0.717) is 0 Å². The Morgan fingerprint density at radius 1 is 1.13 bits per heavy atom. The van der Waals surface area contributed by atoms with Gasteiger partial charge in [0.05, 0.1) is 0 Å². The summed E-state index contributed by atoms with van der Waals surface area (Å²) in [6.45, 7) is 10.9. The third-order valence-corrected chi connectivity index (χ3v) is 8.19. The van der Waals surface area contributed by atoms with Gasteiger partial charge in [-0.15, -0.1) is 0 Å². The Hall–Kier alpha value is 0.200. The highest BCUT2D eigenvalue weighted by atomic mass is 127. The number of hydrogen-bond acceptors (Lipinski definition) is 2. The molecule has 2 saturated carbocycles. The normalized spacial score (nSPS) is 33.8. The van der Waals surface area contributed by atoms with Crippen LogP contribution in [0.4, 0.5) is 0 Å². The fourth-order valence-electron chi connectivity index (χ4n) is 5.30. The van der Waals surface area contributed by atoms with Crippen LogP contribution in [0, 0.1) is 17.3 Å². The van der Waals surface area contributed by atoms with E-state index in [2.05, 4.69) is 50.3 Å². The first kappa shape index (κ1) is 19.5. The van der Waals surface area contributed by atoms with E-state index in [9.17, 15) is 4.79 Å². The van der Waals surface area contributed by atoms with Gasteiger partial charge in [-0.1, -0.05) is 69.5 Å². The van der Waals surface area contributed by atoms with Crippen LogP contribution in [0.3, 0.4) is 0 Å². The van der Waals surface area contributed by atoms with Gasteiger partial charge in [-0.05, 0) is 57.3 Å². The molecular weight excluding hydrogens is 399 g/mol. The average Bonchev–Trinajstić information content (AvgIpc) is 2.51. The van der Waals surface area contributed by atoms with E-state index in [1.807, 2.05) is 6.92 Å². The minimum Gasteiger partial charge on any atom is -0.458 e. The van der Waals surface area contributed by atoms with Crippen LogP contribution >= 0.6 is 22.6 Å². The molecule has 3 unspecified atom stereocenters. The molecule has 0 N–H and O–H groups in total. The standard InChI is InChI=1S/C20H35IO2/c1-6-19(5,21)17(22)23-20(7-2,8-3)18(4)13-15-10-9-11-16(12-15)14-18/h15-16H,6-14H2,1-5H3. The number of ether oxygens (including phenoxy) is 1. The van der Waals surface area contributed by atoms with Crippen molar-refractivity contribution in [3.8, 4) is 0 Å². The Kier molecular flexibility index (Phi) is 6.12. The van der Waals surface area contributed by atoms with Gasteiger partial charge in [-0.2, -0.15) is 0 Å². The number of carbonyl (C=O) groups is 1. The lowest BCUT2D eigenvalue weighted by Crippen LogP contribution is -2.54. The summed E-state index contributed by atoms with van der Waals surface area (Å²) in [4.78, 5) is 12.8. The third kappa shape index (κ3) is 3.74. The minimum absolute atomic E-state index is 0.0127. The number of carbonyl (C=O) groups excluding carboxylic acids is 1. The molecule has 2 aliphatic rings. The van der Waals surface area contributed by atoms with Crippen LogP contribution in [-0.2, 0) is 9.53 Å². The number of rotatable bonds is 6.